The summed E-state index contributed by atoms with van der Waals surface area (Å²) in [7, 11) is 0. The number of hydrogen-bond acceptors (Lipinski definition) is 4. The average molecular weight is 447 g/mol. The molecule has 0 aliphatic heterocycles. The summed E-state index contributed by atoms with van der Waals surface area (Å²) in [5.41, 5.74) is 0.335. The minimum atomic E-state index is -4.34. The highest BCUT2D eigenvalue weighted by atomic mass is 19.4. The molecule has 0 saturated carbocycles. The fourth-order valence-corrected chi connectivity index (χ4v) is 2.34. The zero-order valence-corrected chi connectivity index (χ0v) is 18.7. The molecule has 1 amide bonds. The van der Waals surface area contributed by atoms with Crippen molar-refractivity contribution in [2.24, 2.45) is 4.99 Å². The lowest BCUT2D eigenvalue weighted by Crippen LogP contribution is -2.42. The van der Waals surface area contributed by atoms with E-state index in [9.17, 15) is 18.0 Å². The minimum Gasteiger partial charge on any atom is -0.491 e. The van der Waals surface area contributed by atoms with Crippen LogP contribution in [0.4, 0.5) is 18.9 Å². The Bertz CT molecular complexity index is 699. The van der Waals surface area contributed by atoms with Crippen LogP contribution in [0.25, 0.3) is 0 Å². The molecule has 176 valence electrons. The van der Waals surface area contributed by atoms with Gasteiger partial charge in [0.25, 0.3) is 0 Å². The van der Waals surface area contributed by atoms with Gasteiger partial charge in [-0.25, -0.2) is 4.99 Å². The van der Waals surface area contributed by atoms with Crippen LogP contribution in [0.5, 0.6) is 5.75 Å². The zero-order valence-electron chi connectivity index (χ0n) is 18.7. The van der Waals surface area contributed by atoms with E-state index in [1.807, 2.05) is 34.6 Å². The third-order valence-electron chi connectivity index (χ3n) is 3.41. The summed E-state index contributed by atoms with van der Waals surface area (Å²) >= 11 is 0. The third kappa shape index (κ3) is 14.2. The van der Waals surface area contributed by atoms with Gasteiger partial charge in [0.05, 0.1) is 6.10 Å². The third-order valence-corrected chi connectivity index (χ3v) is 3.41. The van der Waals surface area contributed by atoms with Gasteiger partial charge in [0, 0.05) is 24.4 Å². The maximum Gasteiger partial charge on any atom is 0.411 e. The summed E-state index contributed by atoms with van der Waals surface area (Å²) in [4.78, 5) is 16.3. The van der Waals surface area contributed by atoms with Crippen LogP contribution in [-0.2, 0) is 9.53 Å². The topological polar surface area (TPSA) is 84.0 Å². The van der Waals surface area contributed by atoms with Crippen LogP contribution in [0.15, 0.2) is 29.3 Å². The van der Waals surface area contributed by atoms with Gasteiger partial charge < -0.3 is 25.4 Å². The molecule has 31 heavy (non-hydrogen) atoms. The fourth-order valence-electron chi connectivity index (χ4n) is 2.34. The van der Waals surface area contributed by atoms with Gasteiger partial charge in [0.15, 0.2) is 5.96 Å². The van der Waals surface area contributed by atoms with Gasteiger partial charge in [-0.15, -0.1) is 0 Å². The highest BCUT2D eigenvalue weighted by Gasteiger charge is 2.27. The average Bonchev–Trinajstić information content (AvgIpc) is 2.61. The van der Waals surface area contributed by atoms with Crippen molar-refractivity contribution in [3.63, 3.8) is 0 Å². The summed E-state index contributed by atoms with van der Waals surface area (Å²) in [5, 5.41) is 8.89. The molecule has 0 aliphatic rings. The number of hydrogen-bond donors (Lipinski definition) is 3. The van der Waals surface area contributed by atoms with Crippen molar-refractivity contribution in [2.45, 2.75) is 58.9 Å². The second kappa shape index (κ2) is 12.4. The van der Waals surface area contributed by atoms with E-state index in [4.69, 9.17) is 4.74 Å². The molecule has 1 aromatic carbocycles. The molecule has 1 aromatic rings. The number of rotatable bonds is 10. The molecule has 0 unspecified atom stereocenters. The summed E-state index contributed by atoms with van der Waals surface area (Å²) in [6, 6.07) is 7.21. The monoisotopic (exact) mass is 446 g/mol. The van der Waals surface area contributed by atoms with Crippen LogP contribution in [-0.4, -0.2) is 56.0 Å². The van der Waals surface area contributed by atoms with Gasteiger partial charge in [-0.2, -0.15) is 13.2 Å². The quantitative estimate of drug-likeness (QED) is 0.290. The van der Waals surface area contributed by atoms with E-state index in [1.165, 1.54) is 0 Å². The van der Waals surface area contributed by atoms with Crippen molar-refractivity contribution in [1.82, 2.24) is 10.6 Å². The van der Waals surface area contributed by atoms with Crippen LogP contribution in [0.1, 0.15) is 41.0 Å². The number of alkyl halides is 3. The van der Waals surface area contributed by atoms with Crippen molar-refractivity contribution in [1.29, 1.82) is 0 Å². The Morgan fingerprint density at radius 2 is 1.77 bits per heavy atom. The lowest BCUT2D eigenvalue weighted by molar-refractivity contribution is -0.173. The molecule has 0 bridgehead atoms. The first-order valence-corrected chi connectivity index (χ1v) is 10.1. The highest BCUT2D eigenvalue weighted by molar-refractivity contribution is 5.95. The number of nitrogens with zero attached hydrogens (tertiary/aromatic N) is 1. The Hall–Kier alpha value is -2.49. The van der Waals surface area contributed by atoms with Crippen LogP contribution < -0.4 is 20.7 Å². The molecule has 10 heteroatoms. The van der Waals surface area contributed by atoms with Crippen molar-refractivity contribution < 1.29 is 27.4 Å². The smallest absolute Gasteiger partial charge is 0.411 e. The number of halogens is 3. The molecule has 0 atom stereocenters. The number of carbonyl (C=O) groups is 1. The van der Waals surface area contributed by atoms with Crippen molar-refractivity contribution in [3.8, 4) is 5.75 Å². The normalized spacial score (nSPS) is 12.6. The van der Waals surface area contributed by atoms with Crippen molar-refractivity contribution in [3.05, 3.63) is 24.3 Å². The number of guanidine groups is 1. The lowest BCUT2D eigenvalue weighted by atomic mass is 10.1. The van der Waals surface area contributed by atoms with E-state index in [0.29, 0.717) is 24.6 Å². The van der Waals surface area contributed by atoms with Gasteiger partial charge in [-0.3, -0.25) is 4.79 Å². The molecule has 0 fully saturated rings. The van der Waals surface area contributed by atoms with Gasteiger partial charge in [-0.05, 0) is 65.3 Å². The van der Waals surface area contributed by atoms with Gasteiger partial charge >= 0.3 is 6.18 Å². The van der Waals surface area contributed by atoms with E-state index in [0.717, 1.165) is 5.75 Å². The highest BCUT2D eigenvalue weighted by Crippen LogP contribution is 2.17. The van der Waals surface area contributed by atoms with E-state index < -0.39 is 12.8 Å². The fraction of sp³-hybridized carbons (Fsp3) is 0.619. The molecular weight excluding hydrogens is 413 g/mol. The Kier molecular flexibility index (Phi) is 10.6. The summed E-state index contributed by atoms with van der Waals surface area (Å²) in [6.45, 7) is 8.36. The molecule has 0 radical (unpaired) electrons. The van der Waals surface area contributed by atoms with Crippen LogP contribution in [0.3, 0.4) is 0 Å². The Morgan fingerprint density at radius 1 is 1.13 bits per heavy atom. The maximum absolute atomic E-state index is 12.1. The first-order valence-electron chi connectivity index (χ1n) is 10.1. The predicted octanol–water partition coefficient (Wildman–Crippen LogP) is 3.72. The molecule has 0 aromatic heterocycles. The van der Waals surface area contributed by atoms with Crippen molar-refractivity contribution >= 4 is 17.6 Å². The number of anilines is 1. The Morgan fingerprint density at radius 3 is 2.32 bits per heavy atom. The summed E-state index contributed by atoms with van der Waals surface area (Å²) in [6.07, 6.45) is -3.95. The van der Waals surface area contributed by atoms with Gasteiger partial charge in [-0.1, -0.05) is 0 Å². The number of benzene rings is 1. The zero-order chi connectivity index (χ0) is 23.5. The SMILES string of the molecule is CC(C)Oc1ccc(NC(=NCC(=O)NC(C)(C)C)NCCCOCC(F)(F)F)cc1. The summed E-state index contributed by atoms with van der Waals surface area (Å²) in [5.74, 6) is 0.804. The van der Waals surface area contributed by atoms with Crippen LogP contribution >= 0.6 is 0 Å². The second-order valence-electron chi connectivity index (χ2n) is 8.23. The molecule has 0 spiro atoms. The van der Waals surface area contributed by atoms with E-state index in [2.05, 4.69) is 25.7 Å². The van der Waals surface area contributed by atoms with E-state index in [1.54, 1.807) is 24.3 Å². The van der Waals surface area contributed by atoms with Gasteiger partial charge in [0.1, 0.15) is 18.9 Å². The molecule has 7 nitrogen and oxygen atoms in total. The van der Waals surface area contributed by atoms with E-state index in [-0.39, 0.29) is 30.7 Å². The number of aliphatic imine (C=N–C) groups is 1. The number of carbonyl (C=O) groups excluding carboxylic acids is 1. The van der Waals surface area contributed by atoms with Crippen molar-refractivity contribution in [2.75, 3.05) is 31.6 Å². The molecule has 3 N–H and O–H groups in total. The first kappa shape index (κ1) is 26.5. The first-order chi connectivity index (χ1) is 14.3. The second-order valence-corrected chi connectivity index (χ2v) is 8.23. The maximum atomic E-state index is 12.1. The molecule has 1 rings (SSSR count). The van der Waals surface area contributed by atoms with Gasteiger partial charge in [0.2, 0.25) is 5.91 Å². The number of ether oxygens (including phenoxy) is 2. The van der Waals surface area contributed by atoms with Crippen LogP contribution in [0.2, 0.25) is 0 Å². The minimum absolute atomic E-state index is 0.0501. The number of amides is 1. The Balaban J connectivity index is 2.66. The Labute approximate surface area is 181 Å². The molecule has 0 saturated heterocycles. The molecule has 0 heterocycles. The molecular formula is C21H33F3N4O3. The van der Waals surface area contributed by atoms with Crippen LogP contribution in [0, 0.1) is 0 Å². The summed E-state index contributed by atoms with van der Waals surface area (Å²) < 4.78 is 46.5. The lowest BCUT2D eigenvalue weighted by Gasteiger charge is -2.20. The standard InChI is InChI=1S/C21H33F3N4O3/c1-15(2)31-17-9-7-16(8-10-17)27-19(26-13-18(29)28-20(3,4)5)25-11-6-12-30-14-21(22,23)24/h7-10,15H,6,11-14H2,1-5H3,(H,28,29)(H2,25,26,27). The molecule has 0 aliphatic carbocycles. The van der Waals surface area contributed by atoms with E-state index >= 15 is 0 Å². The largest absolute Gasteiger partial charge is 0.491 e. The predicted molar refractivity (Wildman–Crippen MR) is 116 cm³/mol. The number of nitrogens with one attached hydrogen (secondary N) is 3.